The van der Waals surface area contributed by atoms with Crippen molar-refractivity contribution in [1.82, 2.24) is 15.0 Å². The molecule has 1 aliphatic heterocycles. The molecule has 0 aliphatic carbocycles. The molecule has 1 aromatic carbocycles. The van der Waals surface area contributed by atoms with Crippen LogP contribution >= 0.6 is 11.3 Å². The number of benzene rings is 1. The molecule has 4 aromatic rings. The molecule has 29 heavy (non-hydrogen) atoms. The van der Waals surface area contributed by atoms with Gasteiger partial charge in [0.1, 0.15) is 23.9 Å². The number of rotatable bonds is 5. The molecule has 0 radical (unpaired) electrons. The quantitative estimate of drug-likeness (QED) is 0.529. The van der Waals surface area contributed by atoms with Gasteiger partial charge in [-0.3, -0.25) is 4.98 Å². The van der Waals surface area contributed by atoms with E-state index in [-0.39, 0.29) is 0 Å². The Balaban J connectivity index is 1.39. The molecule has 0 unspecified atom stereocenters. The lowest BCUT2D eigenvalue weighted by Crippen LogP contribution is -2.15. The van der Waals surface area contributed by atoms with E-state index in [1.807, 2.05) is 18.2 Å². The van der Waals surface area contributed by atoms with Crippen molar-refractivity contribution < 1.29 is 9.47 Å². The van der Waals surface area contributed by atoms with Crippen LogP contribution in [0.4, 0.5) is 5.82 Å². The SMILES string of the molecule is Cc1csc2nc(-c3ccncc3)nc(NCCc3ccc4c(c3)OCCO4)c12. The third-order valence-electron chi connectivity index (χ3n) is 4.87. The molecule has 6 nitrogen and oxygen atoms in total. The van der Waals surface area contributed by atoms with Gasteiger partial charge in [-0.15, -0.1) is 11.3 Å². The van der Waals surface area contributed by atoms with Gasteiger partial charge in [0.25, 0.3) is 0 Å². The number of anilines is 1. The molecular weight excluding hydrogens is 384 g/mol. The maximum absolute atomic E-state index is 5.69. The number of hydrogen-bond donors (Lipinski definition) is 1. The smallest absolute Gasteiger partial charge is 0.163 e. The number of hydrogen-bond acceptors (Lipinski definition) is 7. The first-order valence-electron chi connectivity index (χ1n) is 9.56. The molecule has 4 heterocycles. The van der Waals surface area contributed by atoms with E-state index in [1.54, 1.807) is 23.7 Å². The summed E-state index contributed by atoms with van der Waals surface area (Å²) >= 11 is 1.65. The molecule has 0 bridgehead atoms. The fourth-order valence-electron chi connectivity index (χ4n) is 3.41. The summed E-state index contributed by atoms with van der Waals surface area (Å²) in [7, 11) is 0. The van der Waals surface area contributed by atoms with Crippen LogP contribution in [0.3, 0.4) is 0 Å². The molecule has 0 spiro atoms. The Morgan fingerprint density at radius 2 is 1.86 bits per heavy atom. The van der Waals surface area contributed by atoms with Crippen LogP contribution in [0.5, 0.6) is 11.5 Å². The molecule has 7 heteroatoms. The molecule has 0 amide bonds. The molecule has 1 aliphatic rings. The van der Waals surface area contributed by atoms with E-state index in [0.29, 0.717) is 19.0 Å². The molecule has 0 atom stereocenters. The van der Waals surface area contributed by atoms with E-state index in [2.05, 4.69) is 34.7 Å². The second-order valence-electron chi connectivity index (χ2n) is 6.89. The van der Waals surface area contributed by atoms with Crippen molar-refractivity contribution in [3.63, 3.8) is 0 Å². The normalized spacial score (nSPS) is 12.9. The van der Waals surface area contributed by atoms with Gasteiger partial charge in [0.05, 0.1) is 5.39 Å². The van der Waals surface area contributed by atoms with E-state index in [9.17, 15) is 0 Å². The Bertz CT molecular complexity index is 1160. The minimum absolute atomic E-state index is 0.600. The number of aromatic nitrogens is 3. The average molecular weight is 404 g/mol. The van der Waals surface area contributed by atoms with E-state index in [0.717, 1.165) is 46.1 Å². The summed E-state index contributed by atoms with van der Waals surface area (Å²) in [5.74, 6) is 3.23. The van der Waals surface area contributed by atoms with Crippen LogP contribution in [0.25, 0.3) is 21.6 Å². The van der Waals surface area contributed by atoms with Crippen LogP contribution < -0.4 is 14.8 Å². The predicted molar refractivity (Wildman–Crippen MR) is 115 cm³/mol. The van der Waals surface area contributed by atoms with Crippen LogP contribution in [0.1, 0.15) is 11.1 Å². The number of ether oxygens (including phenoxy) is 2. The monoisotopic (exact) mass is 404 g/mol. The van der Waals surface area contributed by atoms with Crippen molar-refractivity contribution in [1.29, 1.82) is 0 Å². The van der Waals surface area contributed by atoms with E-state index in [4.69, 9.17) is 19.4 Å². The first-order valence-corrected chi connectivity index (χ1v) is 10.4. The topological polar surface area (TPSA) is 69.2 Å². The van der Waals surface area contributed by atoms with Crippen LogP contribution in [0.2, 0.25) is 0 Å². The number of thiophene rings is 1. The summed E-state index contributed by atoms with van der Waals surface area (Å²) in [6, 6.07) is 9.99. The molecule has 5 rings (SSSR count). The fraction of sp³-hybridized carbons (Fsp3) is 0.227. The molecule has 1 N–H and O–H groups in total. The number of nitrogens with zero attached hydrogens (tertiary/aromatic N) is 3. The average Bonchev–Trinajstić information content (AvgIpc) is 3.15. The number of pyridine rings is 1. The van der Waals surface area contributed by atoms with Crippen LogP contribution in [0, 0.1) is 6.92 Å². The molecule has 0 saturated heterocycles. The summed E-state index contributed by atoms with van der Waals surface area (Å²) in [6.07, 6.45) is 4.38. The largest absolute Gasteiger partial charge is 0.486 e. The lowest BCUT2D eigenvalue weighted by molar-refractivity contribution is 0.171. The number of nitrogens with one attached hydrogen (secondary N) is 1. The van der Waals surface area contributed by atoms with Gasteiger partial charge in [-0.05, 0) is 54.1 Å². The van der Waals surface area contributed by atoms with Crippen LogP contribution in [0.15, 0.2) is 48.1 Å². The zero-order chi connectivity index (χ0) is 19.6. The minimum Gasteiger partial charge on any atom is -0.486 e. The van der Waals surface area contributed by atoms with Crippen molar-refractivity contribution in [2.75, 3.05) is 25.1 Å². The summed E-state index contributed by atoms with van der Waals surface area (Å²) < 4.78 is 11.3. The second kappa shape index (κ2) is 7.67. The summed E-state index contributed by atoms with van der Waals surface area (Å²) in [5, 5.41) is 6.74. The van der Waals surface area contributed by atoms with Crippen molar-refractivity contribution in [2.24, 2.45) is 0 Å². The highest BCUT2D eigenvalue weighted by Crippen LogP contribution is 2.33. The van der Waals surface area contributed by atoms with Gasteiger partial charge in [-0.2, -0.15) is 0 Å². The van der Waals surface area contributed by atoms with Crippen LogP contribution in [-0.2, 0) is 6.42 Å². The van der Waals surface area contributed by atoms with Gasteiger partial charge in [-0.1, -0.05) is 6.07 Å². The van der Waals surface area contributed by atoms with Gasteiger partial charge in [0.15, 0.2) is 17.3 Å². The van der Waals surface area contributed by atoms with E-state index >= 15 is 0 Å². The molecule has 146 valence electrons. The minimum atomic E-state index is 0.600. The highest BCUT2D eigenvalue weighted by Gasteiger charge is 2.14. The Hall–Kier alpha value is -3.19. The first-order chi connectivity index (χ1) is 14.3. The van der Waals surface area contributed by atoms with Crippen molar-refractivity contribution >= 4 is 27.4 Å². The number of fused-ring (bicyclic) bond motifs is 2. The van der Waals surface area contributed by atoms with Gasteiger partial charge in [0, 0.05) is 24.5 Å². The zero-order valence-corrected chi connectivity index (χ0v) is 16.8. The fourth-order valence-corrected chi connectivity index (χ4v) is 4.33. The van der Waals surface area contributed by atoms with Crippen molar-refractivity contribution in [3.05, 3.63) is 59.2 Å². The molecule has 0 fully saturated rings. The first kappa shape index (κ1) is 17.9. The third kappa shape index (κ3) is 3.61. The van der Waals surface area contributed by atoms with Crippen molar-refractivity contribution in [2.45, 2.75) is 13.3 Å². The lowest BCUT2D eigenvalue weighted by Gasteiger charge is -2.19. The Labute approximate surface area is 172 Å². The maximum atomic E-state index is 5.69. The highest BCUT2D eigenvalue weighted by molar-refractivity contribution is 7.17. The summed E-state index contributed by atoms with van der Waals surface area (Å²) in [4.78, 5) is 14.6. The van der Waals surface area contributed by atoms with Crippen LogP contribution in [-0.4, -0.2) is 34.7 Å². The van der Waals surface area contributed by atoms with Gasteiger partial charge >= 0.3 is 0 Å². The van der Waals surface area contributed by atoms with Gasteiger partial charge in [-0.25, -0.2) is 9.97 Å². The van der Waals surface area contributed by atoms with E-state index in [1.165, 1.54) is 11.1 Å². The molecular formula is C22H20N4O2S. The maximum Gasteiger partial charge on any atom is 0.163 e. The Kier molecular flexibility index (Phi) is 4.73. The Morgan fingerprint density at radius 1 is 1.03 bits per heavy atom. The lowest BCUT2D eigenvalue weighted by atomic mass is 10.1. The van der Waals surface area contributed by atoms with Gasteiger partial charge < -0.3 is 14.8 Å². The predicted octanol–water partition coefficient (Wildman–Crippen LogP) is 4.49. The standard InChI is InChI=1S/C22H20N4O2S/c1-14-13-29-22-19(14)21(25-20(26-22)16-5-7-23-8-6-16)24-9-4-15-2-3-17-18(12-15)28-11-10-27-17/h2-3,5-8,12-13H,4,9-11H2,1H3,(H,24,25,26). The highest BCUT2D eigenvalue weighted by atomic mass is 32.1. The molecule has 3 aromatic heterocycles. The van der Waals surface area contributed by atoms with E-state index < -0.39 is 0 Å². The summed E-state index contributed by atoms with van der Waals surface area (Å²) in [6.45, 7) is 4.07. The number of aryl methyl sites for hydroxylation is 1. The second-order valence-corrected chi connectivity index (χ2v) is 7.74. The molecule has 0 saturated carbocycles. The Morgan fingerprint density at radius 3 is 2.72 bits per heavy atom. The third-order valence-corrected chi connectivity index (χ3v) is 5.86. The van der Waals surface area contributed by atoms with Gasteiger partial charge in [0.2, 0.25) is 0 Å². The van der Waals surface area contributed by atoms with Crippen molar-refractivity contribution in [3.8, 4) is 22.9 Å². The summed E-state index contributed by atoms with van der Waals surface area (Å²) in [5.41, 5.74) is 3.35. The zero-order valence-electron chi connectivity index (χ0n) is 16.0.